The first-order chi connectivity index (χ1) is 18.1. The molecule has 0 saturated carbocycles. The average Bonchev–Trinajstić information content (AvgIpc) is 3.44. The summed E-state index contributed by atoms with van der Waals surface area (Å²) in [5.74, 6) is 2.21. The molecule has 13 heteroatoms. The van der Waals surface area contributed by atoms with Crippen molar-refractivity contribution in [2.24, 2.45) is 0 Å². The van der Waals surface area contributed by atoms with Gasteiger partial charge in [0.2, 0.25) is 5.89 Å². The van der Waals surface area contributed by atoms with Crippen molar-refractivity contribution in [1.29, 1.82) is 0 Å². The molecular weight excluding hydrogens is 515 g/mol. The van der Waals surface area contributed by atoms with Crippen molar-refractivity contribution in [3.63, 3.8) is 0 Å². The molecule has 4 rings (SSSR count). The number of hydrogen-bond donors (Lipinski definition) is 1. The summed E-state index contributed by atoms with van der Waals surface area (Å²) in [5, 5.41) is 2.08. The van der Waals surface area contributed by atoms with E-state index in [0.29, 0.717) is 4.52 Å². The molecule has 0 atom stereocenters. The van der Waals surface area contributed by atoms with Crippen molar-refractivity contribution in [1.82, 2.24) is 19.6 Å². The zero-order valence-corrected chi connectivity index (χ0v) is 19.9. The summed E-state index contributed by atoms with van der Waals surface area (Å²) in [7, 11) is 1.33. The lowest BCUT2D eigenvalue weighted by molar-refractivity contribution is -0.140. The van der Waals surface area contributed by atoms with E-state index in [9.17, 15) is 26.7 Å². The predicted molar refractivity (Wildman–Crippen MR) is 126 cm³/mol. The molecule has 1 N–H and O–H groups in total. The number of nitrogens with one attached hydrogen (secondary N) is 1. The number of rotatable bonds is 8. The monoisotopic (exact) mass is 534 g/mol. The number of alkyl halides is 5. The number of nitrogens with zero attached hydrogens (tertiary/aromatic N) is 3. The maximum Gasteiger partial charge on any atom is 0.433 e. The summed E-state index contributed by atoms with van der Waals surface area (Å²) in [6.07, 6.45) is -1.17. The van der Waals surface area contributed by atoms with Gasteiger partial charge < -0.3 is 13.9 Å². The van der Waals surface area contributed by atoms with Crippen LogP contribution in [0.5, 0.6) is 0 Å². The Kier molecular flexibility index (Phi) is 7.36. The molecule has 0 unspecified atom stereocenters. The van der Waals surface area contributed by atoms with Gasteiger partial charge in [0, 0.05) is 6.08 Å². The molecule has 0 spiro atoms. The minimum absolute atomic E-state index is 0.121. The highest BCUT2D eigenvalue weighted by molar-refractivity contribution is 5.81. The molecule has 38 heavy (non-hydrogen) atoms. The van der Waals surface area contributed by atoms with Crippen LogP contribution in [-0.2, 0) is 22.3 Å². The lowest BCUT2D eigenvalue weighted by Gasteiger charge is -2.09. The number of aromatic nitrogens is 4. The van der Waals surface area contributed by atoms with Crippen molar-refractivity contribution in [3.8, 4) is 34.9 Å². The Balaban J connectivity index is 2.03. The van der Waals surface area contributed by atoms with E-state index in [1.807, 2.05) is 0 Å². The highest BCUT2D eigenvalue weighted by Gasteiger charge is 2.39. The van der Waals surface area contributed by atoms with Gasteiger partial charge in [-0.2, -0.15) is 17.7 Å². The molecule has 4 aromatic rings. The van der Waals surface area contributed by atoms with Gasteiger partial charge in [0.15, 0.2) is 11.4 Å². The van der Waals surface area contributed by atoms with Crippen LogP contribution in [0.1, 0.15) is 22.8 Å². The molecule has 0 radical (unpaired) electrons. The topological polar surface area (TPSA) is 94.6 Å². The molecule has 198 valence electrons. The molecule has 0 fully saturated rings. The van der Waals surface area contributed by atoms with Crippen LogP contribution in [0.3, 0.4) is 0 Å². The van der Waals surface area contributed by atoms with Crippen molar-refractivity contribution >= 4 is 11.4 Å². The van der Waals surface area contributed by atoms with Crippen molar-refractivity contribution in [2.75, 3.05) is 13.7 Å². The number of halogens is 5. The van der Waals surface area contributed by atoms with Crippen LogP contribution in [0.25, 0.3) is 34.0 Å². The normalized spacial score (nSPS) is 12.3. The zero-order valence-electron chi connectivity index (χ0n) is 19.9. The van der Waals surface area contributed by atoms with Gasteiger partial charge in [0.05, 0.1) is 25.0 Å². The van der Waals surface area contributed by atoms with Crippen LogP contribution in [0, 0.1) is 19.3 Å². The summed E-state index contributed by atoms with van der Waals surface area (Å²) in [6.45, 7) is -0.141. The van der Waals surface area contributed by atoms with Gasteiger partial charge in [-0.15, -0.1) is 6.42 Å². The largest absolute Gasteiger partial charge is 0.494 e. The Morgan fingerprint density at radius 2 is 1.95 bits per heavy atom. The van der Waals surface area contributed by atoms with E-state index >= 15 is 0 Å². The Hall–Kier alpha value is -4.44. The van der Waals surface area contributed by atoms with Crippen LogP contribution in [0.15, 0.2) is 45.6 Å². The third-order valence-electron chi connectivity index (χ3n) is 5.36. The quantitative estimate of drug-likeness (QED) is 0.193. The Morgan fingerprint density at radius 1 is 1.24 bits per heavy atom. The van der Waals surface area contributed by atoms with Crippen molar-refractivity contribution in [2.45, 2.75) is 26.1 Å². The number of benzene rings is 1. The van der Waals surface area contributed by atoms with E-state index in [4.69, 9.17) is 20.3 Å². The summed E-state index contributed by atoms with van der Waals surface area (Å²) in [4.78, 5) is 22.1. The molecule has 0 amide bonds. The number of aryl methyl sites for hydroxylation is 1. The van der Waals surface area contributed by atoms with E-state index in [0.717, 1.165) is 0 Å². The van der Waals surface area contributed by atoms with E-state index in [1.54, 1.807) is 6.07 Å². The maximum atomic E-state index is 14.0. The summed E-state index contributed by atoms with van der Waals surface area (Å²) < 4.78 is 84.0. The second-order valence-corrected chi connectivity index (χ2v) is 7.83. The number of H-pyrrole nitrogens is 1. The minimum Gasteiger partial charge on any atom is -0.494 e. The predicted octanol–water partition coefficient (Wildman–Crippen LogP) is 5.07. The first-order valence-electron chi connectivity index (χ1n) is 10.9. The third-order valence-corrected chi connectivity index (χ3v) is 5.36. The first-order valence-corrected chi connectivity index (χ1v) is 10.9. The van der Waals surface area contributed by atoms with Gasteiger partial charge in [-0.1, -0.05) is 36.3 Å². The Morgan fingerprint density at radius 3 is 2.55 bits per heavy atom. The number of oxazole rings is 1. The third kappa shape index (κ3) is 5.03. The molecule has 0 saturated heterocycles. The molecule has 0 aliphatic carbocycles. The van der Waals surface area contributed by atoms with Gasteiger partial charge in [-0.05, 0) is 12.5 Å². The fourth-order valence-electron chi connectivity index (χ4n) is 3.80. The zero-order chi connectivity index (χ0) is 27.6. The fourth-order valence-corrected chi connectivity index (χ4v) is 3.80. The Bertz CT molecular complexity index is 1590. The lowest BCUT2D eigenvalue weighted by Crippen LogP contribution is -2.21. The molecular formula is C25H19F5N4O4. The van der Waals surface area contributed by atoms with Crippen LogP contribution in [-0.4, -0.2) is 39.7 Å². The smallest absolute Gasteiger partial charge is 0.433 e. The van der Waals surface area contributed by atoms with Gasteiger partial charge >= 0.3 is 6.18 Å². The van der Waals surface area contributed by atoms with Crippen molar-refractivity contribution < 1.29 is 35.8 Å². The van der Waals surface area contributed by atoms with Crippen LogP contribution >= 0.6 is 0 Å². The number of hydrogen-bond acceptors (Lipinski definition) is 6. The second-order valence-electron chi connectivity index (χ2n) is 7.83. The molecule has 0 aliphatic heterocycles. The van der Waals surface area contributed by atoms with Gasteiger partial charge in [0.25, 0.3) is 12.0 Å². The minimum atomic E-state index is -4.89. The van der Waals surface area contributed by atoms with Crippen molar-refractivity contribution in [3.05, 3.63) is 69.6 Å². The number of fused-ring (bicyclic) bond motifs is 1. The molecule has 8 nitrogen and oxygen atoms in total. The fraction of sp³-hybridized carbons (Fsp3) is 0.240. The number of aromatic amines is 1. The number of terminal acetylenes is 1. The number of methoxy groups -OCH3 is 1. The van der Waals surface area contributed by atoms with Crippen LogP contribution in [0.4, 0.5) is 22.0 Å². The van der Waals surface area contributed by atoms with Crippen LogP contribution < -0.4 is 5.56 Å². The van der Waals surface area contributed by atoms with E-state index in [-0.39, 0.29) is 40.0 Å². The molecule has 0 aliphatic rings. The molecule has 0 bridgehead atoms. The first kappa shape index (κ1) is 26.6. The summed E-state index contributed by atoms with van der Waals surface area (Å²) in [6, 6.07) is 7.48. The highest BCUT2D eigenvalue weighted by Crippen LogP contribution is 2.38. The molecule has 1 aromatic carbocycles. The number of allylic oxidation sites excluding steroid dienone is 1. The highest BCUT2D eigenvalue weighted by atomic mass is 19.4. The van der Waals surface area contributed by atoms with Gasteiger partial charge in [-0.25, -0.2) is 18.7 Å². The van der Waals surface area contributed by atoms with Crippen LogP contribution in [0.2, 0.25) is 0 Å². The standard InChI is InChI=1S/C25H19F5N4O4/c1-4-8-16(36-3)20-13(2)38-23(32-20)19-15(11-37-12-17(26)27)31-22-18(14-9-6-5-7-10-14)21(25(28,29)30)33-34(22)24(19)35/h1,5-10,17,33H,11-12H2,2-3H3/b16-8+. The molecule has 3 aromatic heterocycles. The average molecular weight is 534 g/mol. The molecule has 3 heterocycles. The SMILES string of the molecule is C#C/C=C(/OC)c1nc(-c2c(COCC(F)F)nc3c(-c4ccccc4)c(C(F)(F)F)[nH]n3c2=O)oc1C. The van der Waals surface area contributed by atoms with E-state index in [1.165, 1.54) is 44.4 Å². The summed E-state index contributed by atoms with van der Waals surface area (Å²) in [5.41, 5.74) is -3.45. The van der Waals surface area contributed by atoms with Gasteiger partial charge in [0.1, 0.15) is 29.3 Å². The van der Waals surface area contributed by atoms with Gasteiger partial charge in [-0.3, -0.25) is 9.89 Å². The number of ether oxygens (including phenoxy) is 2. The van der Waals surface area contributed by atoms with E-state index in [2.05, 4.69) is 21.0 Å². The second kappa shape index (κ2) is 10.5. The lowest BCUT2D eigenvalue weighted by atomic mass is 10.1. The van der Waals surface area contributed by atoms with E-state index < -0.39 is 48.2 Å². The Labute approximate surface area is 211 Å². The maximum absolute atomic E-state index is 14.0. The summed E-state index contributed by atoms with van der Waals surface area (Å²) >= 11 is 0.